The standard InChI is InChI=1S/C24H25FN2O3/c1-3-24(28)27-11-8-18(9-12-27)30-22-7-6-16(13-20(22)25)19-15-21-17(5-4-10-26-21)14-23(19)29-2/h4-7,10,13-15,18H,3,8-9,11-12H2,1-2H3. The third kappa shape index (κ3) is 4.08. The predicted molar refractivity (Wildman–Crippen MR) is 114 cm³/mol. The summed E-state index contributed by atoms with van der Waals surface area (Å²) in [5, 5.41) is 0.964. The Hall–Kier alpha value is -3.15. The average molecular weight is 408 g/mol. The maximum atomic E-state index is 14.9. The average Bonchev–Trinajstić information content (AvgIpc) is 2.79. The fourth-order valence-electron chi connectivity index (χ4n) is 3.88. The van der Waals surface area contributed by atoms with Crippen LogP contribution in [0.5, 0.6) is 11.5 Å². The number of halogens is 1. The number of carbonyl (C=O) groups excluding carboxylic acids is 1. The van der Waals surface area contributed by atoms with Crippen molar-refractivity contribution in [3.05, 3.63) is 54.5 Å². The number of likely N-dealkylation sites (tertiary alicyclic amines) is 1. The van der Waals surface area contributed by atoms with Gasteiger partial charge < -0.3 is 14.4 Å². The van der Waals surface area contributed by atoms with Gasteiger partial charge in [-0.3, -0.25) is 9.78 Å². The SMILES string of the molecule is CCC(=O)N1CCC(Oc2ccc(-c3cc4ncccc4cc3OC)cc2F)CC1. The van der Waals surface area contributed by atoms with Crippen LogP contribution in [0.25, 0.3) is 22.0 Å². The second-order valence-corrected chi connectivity index (χ2v) is 7.45. The van der Waals surface area contributed by atoms with Crippen molar-refractivity contribution in [3.8, 4) is 22.6 Å². The van der Waals surface area contributed by atoms with Gasteiger partial charge in [0, 0.05) is 49.5 Å². The summed E-state index contributed by atoms with van der Waals surface area (Å²) in [6, 6.07) is 12.6. The Morgan fingerprint density at radius 2 is 1.97 bits per heavy atom. The van der Waals surface area contributed by atoms with Crippen molar-refractivity contribution in [2.45, 2.75) is 32.3 Å². The van der Waals surface area contributed by atoms with E-state index in [1.165, 1.54) is 6.07 Å². The van der Waals surface area contributed by atoms with Gasteiger partial charge in [-0.2, -0.15) is 0 Å². The molecule has 0 saturated carbocycles. The van der Waals surface area contributed by atoms with Crippen molar-refractivity contribution in [1.82, 2.24) is 9.88 Å². The highest BCUT2D eigenvalue weighted by atomic mass is 19.1. The molecule has 0 atom stereocenters. The number of amides is 1. The minimum absolute atomic E-state index is 0.0920. The monoisotopic (exact) mass is 408 g/mol. The number of rotatable bonds is 5. The first-order valence-corrected chi connectivity index (χ1v) is 10.3. The lowest BCUT2D eigenvalue weighted by Gasteiger charge is -2.32. The number of nitrogens with zero attached hydrogens (tertiary/aromatic N) is 2. The largest absolute Gasteiger partial charge is 0.496 e. The van der Waals surface area contributed by atoms with Gasteiger partial charge in [0.05, 0.1) is 12.6 Å². The lowest BCUT2D eigenvalue weighted by Crippen LogP contribution is -2.41. The second kappa shape index (κ2) is 8.69. The van der Waals surface area contributed by atoms with E-state index in [4.69, 9.17) is 9.47 Å². The second-order valence-electron chi connectivity index (χ2n) is 7.45. The molecule has 1 aliphatic rings. The van der Waals surface area contributed by atoms with E-state index < -0.39 is 5.82 Å². The number of pyridine rings is 1. The number of piperidine rings is 1. The topological polar surface area (TPSA) is 51.7 Å². The Bertz CT molecular complexity index is 1060. The fourth-order valence-corrected chi connectivity index (χ4v) is 3.88. The summed E-state index contributed by atoms with van der Waals surface area (Å²) < 4.78 is 26.3. The normalized spacial score (nSPS) is 14.7. The number of benzene rings is 2. The third-order valence-electron chi connectivity index (χ3n) is 5.56. The molecule has 5 nitrogen and oxygen atoms in total. The Balaban J connectivity index is 1.53. The molecule has 0 unspecified atom stereocenters. The van der Waals surface area contributed by atoms with E-state index in [0.717, 1.165) is 16.5 Å². The molecule has 6 heteroatoms. The number of fused-ring (bicyclic) bond motifs is 1. The summed E-state index contributed by atoms with van der Waals surface area (Å²) in [7, 11) is 1.60. The molecule has 1 amide bonds. The van der Waals surface area contributed by atoms with Crippen molar-refractivity contribution < 1.29 is 18.7 Å². The molecule has 0 radical (unpaired) electrons. The van der Waals surface area contributed by atoms with Crippen LogP contribution in [0.3, 0.4) is 0 Å². The highest BCUT2D eigenvalue weighted by Crippen LogP contribution is 2.35. The molecule has 2 aromatic carbocycles. The Kier molecular flexibility index (Phi) is 5.84. The van der Waals surface area contributed by atoms with Crippen molar-refractivity contribution in [2.75, 3.05) is 20.2 Å². The first-order valence-electron chi connectivity index (χ1n) is 10.3. The van der Waals surface area contributed by atoms with E-state index in [-0.39, 0.29) is 17.8 Å². The highest BCUT2D eigenvalue weighted by Gasteiger charge is 2.24. The minimum atomic E-state index is -0.414. The Labute approximate surface area is 175 Å². The smallest absolute Gasteiger partial charge is 0.222 e. The van der Waals surface area contributed by atoms with Gasteiger partial charge in [-0.15, -0.1) is 0 Å². The van der Waals surface area contributed by atoms with Gasteiger partial charge in [0.25, 0.3) is 0 Å². The molecule has 1 saturated heterocycles. The van der Waals surface area contributed by atoms with Crippen LogP contribution in [-0.4, -0.2) is 42.1 Å². The van der Waals surface area contributed by atoms with Gasteiger partial charge in [-0.25, -0.2) is 4.39 Å². The van der Waals surface area contributed by atoms with Crippen LogP contribution in [0.1, 0.15) is 26.2 Å². The summed E-state index contributed by atoms with van der Waals surface area (Å²) in [6.07, 6.45) is 3.56. The molecular weight excluding hydrogens is 383 g/mol. The summed E-state index contributed by atoms with van der Waals surface area (Å²) in [4.78, 5) is 18.0. The number of methoxy groups -OCH3 is 1. The maximum absolute atomic E-state index is 14.9. The van der Waals surface area contributed by atoms with E-state index >= 15 is 0 Å². The molecule has 4 rings (SSSR count). The zero-order valence-corrected chi connectivity index (χ0v) is 17.2. The van der Waals surface area contributed by atoms with Crippen LogP contribution in [0, 0.1) is 5.82 Å². The molecule has 156 valence electrons. The Morgan fingerprint density at radius 1 is 1.17 bits per heavy atom. The number of carbonyl (C=O) groups is 1. The van der Waals surface area contributed by atoms with E-state index in [1.807, 2.05) is 42.2 Å². The third-order valence-corrected chi connectivity index (χ3v) is 5.56. The van der Waals surface area contributed by atoms with Crippen LogP contribution in [-0.2, 0) is 4.79 Å². The van der Waals surface area contributed by atoms with Crippen LogP contribution in [0.4, 0.5) is 4.39 Å². The van der Waals surface area contributed by atoms with Crippen molar-refractivity contribution in [3.63, 3.8) is 0 Å². The van der Waals surface area contributed by atoms with Gasteiger partial charge in [0.15, 0.2) is 11.6 Å². The number of hydrogen-bond acceptors (Lipinski definition) is 4. The Morgan fingerprint density at radius 3 is 2.67 bits per heavy atom. The van der Waals surface area contributed by atoms with E-state index in [2.05, 4.69) is 4.98 Å². The lowest BCUT2D eigenvalue weighted by atomic mass is 10.0. The summed E-state index contributed by atoms with van der Waals surface area (Å²) in [5.41, 5.74) is 2.30. The van der Waals surface area contributed by atoms with E-state index in [0.29, 0.717) is 43.7 Å². The highest BCUT2D eigenvalue weighted by molar-refractivity contribution is 5.88. The van der Waals surface area contributed by atoms with Crippen LogP contribution >= 0.6 is 0 Å². The molecule has 3 aromatic rings. The van der Waals surface area contributed by atoms with Gasteiger partial charge >= 0.3 is 0 Å². The van der Waals surface area contributed by atoms with Crippen molar-refractivity contribution in [2.24, 2.45) is 0 Å². The lowest BCUT2D eigenvalue weighted by molar-refractivity contribution is -0.132. The predicted octanol–water partition coefficient (Wildman–Crippen LogP) is 4.83. The number of hydrogen-bond donors (Lipinski definition) is 0. The molecule has 1 fully saturated rings. The van der Waals surface area contributed by atoms with Gasteiger partial charge in [0.2, 0.25) is 5.91 Å². The van der Waals surface area contributed by atoms with Crippen molar-refractivity contribution in [1.29, 1.82) is 0 Å². The fraction of sp³-hybridized carbons (Fsp3) is 0.333. The molecular formula is C24H25FN2O3. The molecule has 0 aliphatic carbocycles. The summed E-state index contributed by atoms with van der Waals surface area (Å²) >= 11 is 0. The first kappa shape index (κ1) is 20.1. The molecule has 2 heterocycles. The molecule has 0 N–H and O–H groups in total. The number of ether oxygens (including phenoxy) is 2. The van der Waals surface area contributed by atoms with Crippen LogP contribution in [0.15, 0.2) is 48.7 Å². The maximum Gasteiger partial charge on any atom is 0.222 e. The number of aromatic nitrogens is 1. The van der Waals surface area contributed by atoms with Crippen molar-refractivity contribution >= 4 is 16.8 Å². The molecule has 0 spiro atoms. The molecule has 30 heavy (non-hydrogen) atoms. The van der Waals surface area contributed by atoms with Crippen LogP contribution in [0.2, 0.25) is 0 Å². The minimum Gasteiger partial charge on any atom is -0.496 e. The zero-order valence-electron chi connectivity index (χ0n) is 17.2. The molecule has 1 aliphatic heterocycles. The molecule has 0 bridgehead atoms. The quantitative estimate of drug-likeness (QED) is 0.607. The van der Waals surface area contributed by atoms with E-state index in [1.54, 1.807) is 19.4 Å². The summed E-state index contributed by atoms with van der Waals surface area (Å²) in [5.74, 6) is 0.638. The zero-order chi connectivity index (χ0) is 21.1. The van der Waals surface area contributed by atoms with E-state index in [9.17, 15) is 9.18 Å². The van der Waals surface area contributed by atoms with Gasteiger partial charge in [0.1, 0.15) is 11.9 Å². The van der Waals surface area contributed by atoms with Gasteiger partial charge in [-0.1, -0.05) is 19.1 Å². The van der Waals surface area contributed by atoms with Gasteiger partial charge in [-0.05, 0) is 35.9 Å². The summed E-state index contributed by atoms with van der Waals surface area (Å²) in [6.45, 7) is 3.17. The molecule has 1 aromatic heterocycles. The van der Waals surface area contributed by atoms with Crippen LogP contribution < -0.4 is 9.47 Å². The first-order chi connectivity index (χ1) is 14.6.